The molecular weight excluding hydrogens is 354 g/mol. The highest BCUT2D eigenvalue weighted by atomic mass is 16.5. The molecule has 0 aliphatic carbocycles. The lowest BCUT2D eigenvalue weighted by Gasteiger charge is -2.13. The highest BCUT2D eigenvalue weighted by Crippen LogP contribution is 2.36. The lowest BCUT2D eigenvalue weighted by molar-refractivity contribution is 0.404. The molecule has 2 aromatic carbocycles. The van der Waals surface area contributed by atoms with E-state index in [1.54, 1.807) is 43.5 Å². The zero-order valence-electron chi connectivity index (χ0n) is 16.1. The summed E-state index contributed by atoms with van der Waals surface area (Å²) < 4.78 is 5.41. The summed E-state index contributed by atoms with van der Waals surface area (Å²) in [6, 6.07) is 11.8. The third kappa shape index (κ3) is 4.23. The van der Waals surface area contributed by atoms with Gasteiger partial charge in [0, 0.05) is 17.2 Å². The van der Waals surface area contributed by atoms with Gasteiger partial charge in [-0.25, -0.2) is 9.97 Å². The third-order valence-electron chi connectivity index (χ3n) is 4.31. The fourth-order valence-corrected chi connectivity index (χ4v) is 2.87. The Morgan fingerprint density at radius 3 is 2.36 bits per heavy atom. The van der Waals surface area contributed by atoms with E-state index in [4.69, 9.17) is 10.5 Å². The topological polar surface area (TPSA) is 101 Å². The number of anilines is 1. The van der Waals surface area contributed by atoms with E-state index in [1.165, 1.54) is 5.57 Å². The van der Waals surface area contributed by atoms with Crippen molar-refractivity contribution in [3.8, 4) is 39.8 Å². The van der Waals surface area contributed by atoms with Crippen molar-refractivity contribution in [2.45, 2.75) is 20.3 Å². The summed E-state index contributed by atoms with van der Waals surface area (Å²) in [6.45, 7) is 4.06. The molecule has 0 aliphatic heterocycles. The fraction of sp³-hybridized carbons (Fsp3) is 0.182. The lowest BCUT2D eigenvalue weighted by Crippen LogP contribution is -2.00. The molecule has 6 nitrogen and oxygen atoms in total. The van der Waals surface area contributed by atoms with E-state index in [0.29, 0.717) is 29.1 Å². The van der Waals surface area contributed by atoms with Gasteiger partial charge >= 0.3 is 0 Å². The van der Waals surface area contributed by atoms with Crippen molar-refractivity contribution < 1.29 is 14.9 Å². The number of allylic oxidation sites excluding steroid dienone is 2. The average molecular weight is 377 g/mol. The van der Waals surface area contributed by atoms with Crippen LogP contribution in [0.3, 0.4) is 0 Å². The van der Waals surface area contributed by atoms with Gasteiger partial charge in [-0.1, -0.05) is 11.6 Å². The number of aromatic nitrogens is 2. The Kier molecular flexibility index (Phi) is 5.49. The molecule has 0 aliphatic rings. The van der Waals surface area contributed by atoms with Crippen LogP contribution in [0.1, 0.15) is 19.4 Å². The first-order chi connectivity index (χ1) is 13.4. The zero-order chi connectivity index (χ0) is 20.3. The molecule has 1 heterocycles. The van der Waals surface area contributed by atoms with Crippen LogP contribution >= 0.6 is 0 Å². The minimum atomic E-state index is 0.0487. The summed E-state index contributed by atoms with van der Waals surface area (Å²) in [4.78, 5) is 8.57. The monoisotopic (exact) mass is 377 g/mol. The number of hydrogen-bond donors (Lipinski definition) is 3. The molecule has 4 N–H and O–H groups in total. The number of nitrogen functional groups attached to an aromatic ring is 1. The van der Waals surface area contributed by atoms with Gasteiger partial charge in [0.15, 0.2) is 0 Å². The number of aromatic hydroxyl groups is 2. The van der Waals surface area contributed by atoms with Crippen molar-refractivity contribution >= 4 is 5.95 Å². The van der Waals surface area contributed by atoms with Gasteiger partial charge in [0.25, 0.3) is 0 Å². The summed E-state index contributed by atoms with van der Waals surface area (Å²) in [5, 5.41) is 20.0. The van der Waals surface area contributed by atoms with Crippen LogP contribution in [-0.2, 0) is 6.42 Å². The number of ether oxygens (including phenoxy) is 1. The molecule has 0 bridgehead atoms. The minimum absolute atomic E-state index is 0.0487. The second-order valence-corrected chi connectivity index (χ2v) is 6.71. The Bertz CT molecular complexity index is 1020. The van der Waals surface area contributed by atoms with Crippen molar-refractivity contribution in [2.75, 3.05) is 12.8 Å². The van der Waals surface area contributed by atoms with Crippen LogP contribution in [-0.4, -0.2) is 27.3 Å². The lowest BCUT2D eigenvalue weighted by atomic mass is 10.0. The number of nitrogens with two attached hydrogens (primary N) is 1. The maximum Gasteiger partial charge on any atom is 0.221 e. The summed E-state index contributed by atoms with van der Waals surface area (Å²) >= 11 is 0. The molecule has 1 aromatic heterocycles. The Balaban J connectivity index is 2.11. The van der Waals surface area contributed by atoms with Crippen LogP contribution in [0, 0.1) is 0 Å². The second kappa shape index (κ2) is 8.00. The van der Waals surface area contributed by atoms with Crippen molar-refractivity contribution in [1.29, 1.82) is 0 Å². The molecule has 28 heavy (non-hydrogen) atoms. The fourth-order valence-electron chi connectivity index (χ4n) is 2.87. The zero-order valence-corrected chi connectivity index (χ0v) is 16.1. The quantitative estimate of drug-likeness (QED) is 0.572. The molecule has 0 amide bonds. The maximum atomic E-state index is 10.5. The molecule has 0 radical (unpaired) electrons. The average Bonchev–Trinajstić information content (AvgIpc) is 2.66. The van der Waals surface area contributed by atoms with E-state index in [1.807, 2.05) is 19.9 Å². The van der Waals surface area contributed by atoms with Crippen LogP contribution in [0.4, 0.5) is 5.95 Å². The van der Waals surface area contributed by atoms with Gasteiger partial charge in [-0.15, -0.1) is 0 Å². The Morgan fingerprint density at radius 1 is 1.04 bits per heavy atom. The number of rotatable bonds is 5. The summed E-state index contributed by atoms with van der Waals surface area (Å²) in [7, 11) is 1.58. The number of benzene rings is 2. The van der Waals surface area contributed by atoms with Crippen LogP contribution in [0.5, 0.6) is 17.2 Å². The molecule has 3 rings (SSSR count). The van der Waals surface area contributed by atoms with E-state index < -0.39 is 0 Å². The van der Waals surface area contributed by atoms with Crippen LogP contribution in [0.15, 0.2) is 54.1 Å². The summed E-state index contributed by atoms with van der Waals surface area (Å²) in [5.41, 5.74) is 10.5. The molecule has 6 heteroatoms. The Hall–Kier alpha value is -3.54. The Morgan fingerprint density at radius 2 is 1.71 bits per heavy atom. The van der Waals surface area contributed by atoms with Gasteiger partial charge in [0.05, 0.1) is 18.5 Å². The van der Waals surface area contributed by atoms with Gasteiger partial charge in [-0.3, -0.25) is 0 Å². The molecule has 0 fully saturated rings. The van der Waals surface area contributed by atoms with Crippen LogP contribution in [0.25, 0.3) is 22.5 Å². The second-order valence-electron chi connectivity index (χ2n) is 6.71. The third-order valence-corrected chi connectivity index (χ3v) is 4.31. The molecule has 0 saturated carbocycles. The number of hydrogen-bond acceptors (Lipinski definition) is 6. The molecule has 0 spiro atoms. The smallest absolute Gasteiger partial charge is 0.221 e. The highest BCUT2D eigenvalue weighted by molar-refractivity contribution is 5.74. The first kappa shape index (κ1) is 19.2. The van der Waals surface area contributed by atoms with Gasteiger partial charge in [-0.05, 0) is 62.2 Å². The number of phenols is 2. The van der Waals surface area contributed by atoms with Crippen LogP contribution in [0.2, 0.25) is 0 Å². The van der Waals surface area contributed by atoms with Crippen molar-refractivity contribution in [2.24, 2.45) is 0 Å². The van der Waals surface area contributed by atoms with Gasteiger partial charge in [0.1, 0.15) is 17.2 Å². The molecule has 0 atom stereocenters. The molecular formula is C22H23N3O3. The predicted octanol–water partition coefficient (Wildman–Crippen LogP) is 4.32. The standard InChI is InChI=1S/C22H23N3O3/c1-13(2)4-5-15-10-17(20(27)12-21(15)28-3)19-11-18(24-22(23)25-19)14-6-8-16(26)9-7-14/h4,6-12,26-27H,5H2,1-3H3,(H2,23,24,25). The number of phenolic OH excluding ortho intramolecular Hbond substituents is 2. The summed E-state index contributed by atoms with van der Waals surface area (Å²) in [5.74, 6) is 0.927. The first-order valence-corrected chi connectivity index (χ1v) is 8.85. The van der Waals surface area contributed by atoms with E-state index in [-0.39, 0.29) is 17.4 Å². The van der Waals surface area contributed by atoms with Gasteiger partial charge < -0.3 is 20.7 Å². The largest absolute Gasteiger partial charge is 0.508 e. The van der Waals surface area contributed by atoms with Crippen molar-refractivity contribution in [1.82, 2.24) is 9.97 Å². The Labute approximate surface area is 164 Å². The molecule has 0 unspecified atom stereocenters. The number of nitrogens with zero attached hydrogens (tertiary/aromatic N) is 2. The SMILES string of the molecule is COc1cc(O)c(-c2cc(-c3ccc(O)cc3)nc(N)n2)cc1CC=C(C)C. The minimum Gasteiger partial charge on any atom is -0.508 e. The van der Waals surface area contributed by atoms with Crippen LogP contribution < -0.4 is 10.5 Å². The summed E-state index contributed by atoms with van der Waals surface area (Å²) in [6.07, 6.45) is 2.76. The number of methoxy groups -OCH3 is 1. The van der Waals surface area contributed by atoms with E-state index in [2.05, 4.69) is 16.0 Å². The van der Waals surface area contributed by atoms with Gasteiger partial charge in [-0.2, -0.15) is 0 Å². The van der Waals surface area contributed by atoms with Crippen molar-refractivity contribution in [3.05, 3.63) is 59.7 Å². The van der Waals surface area contributed by atoms with Crippen molar-refractivity contribution in [3.63, 3.8) is 0 Å². The molecule has 144 valence electrons. The highest BCUT2D eigenvalue weighted by Gasteiger charge is 2.14. The molecule has 0 saturated heterocycles. The predicted molar refractivity (Wildman–Crippen MR) is 110 cm³/mol. The normalized spacial score (nSPS) is 10.5. The van der Waals surface area contributed by atoms with E-state index >= 15 is 0 Å². The first-order valence-electron chi connectivity index (χ1n) is 8.85. The maximum absolute atomic E-state index is 10.5. The molecule has 3 aromatic rings. The van der Waals surface area contributed by atoms with Gasteiger partial charge in [0.2, 0.25) is 5.95 Å². The van der Waals surface area contributed by atoms with E-state index in [9.17, 15) is 10.2 Å². The van der Waals surface area contributed by atoms with E-state index in [0.717, 1.165) is 11.1 Å².